The third-order valence-electron chi connectivity index (χ3n) is 2.94. The van der Waals surface area contributed by atoms with Crippen LogP contribution in [0.3, 0.4) is 0 Å². The molecular formula is C12H18N2OS. The van der Waals surface area contributed by atoms with Crippen molar-refractivity contribution in [1.82, 2.24) is 4.98 Å². The standard InChI is InChI=1S/C12H18N2OS/c1-3-10(15)11-9(2)13-12(16-11)14-7-5-4-6-8-14/h3,10,15H,1,4-8H2,2H3. The highest BCUT2D eigenvalue weighted by Gasteiger charge is 2.18. The predicted octanol–water partition coefficient (Wildman–Crippen LogP) is 2.66. The van der Waals surface area contributed by atoms with Gasteiger partial charge in [-0.15, -0.1) is 6.58 Å². The molecule has 1 unspecified atom stereocenters. The molecule has 1 atom stereocenters. The number of piperidine rings is 1. The molecule has 2 rings (SSSR count). The van der Waals surface area contributed by atoms with Gasteiger partial charge in [0.2, 0.25) is 0 Å². The van der Waals surface area contributed by atoms with Crippen LogP contribution in [0.2, 0.25) is 0 Å². The van der Waals surface area contributed by atoms with Crippen LogP contribution in [-0.4, -0.2) is 23.2 Å². The first-order chi connectivity index (χ1) is 7.72. The molecule has 0 radical (unpaired) electrons. The summed E-state index contributed by atoms with van der Waals surface area (Å²) >= 11 is 1.59. The Morgan fingerprint density at radius 1 is 1.44 bits per heavy atom. The van der Waals surface area contributed by atoms with Gasteiger partial charge in [0.15, 0.2) is 5.13 Å². The van der Waals surface area contributed by atoms with Crippen molar-refractivity contribution >= 4 is 16.5 Å². The van der Waals surface area contributed by atoms with Gasteiger partial charge in [0.25, 0.3) is 0 Å². The summed E-state index contributed by atoms with van der Waals surface area (Å²) in [6.45, 7) is 7.75. The summed E-state index contributed by atoms with van der Waals surface area (Å²) in [5.41, 5.74) is 0.929. The molecular weight excluding hydrogens is 220 g/mol. The molecule has 1 aromatic rings. The van der Waals surface area contributed by atoms with Crippen LogP contribution in [0.4, 0.5) is 5.13 Å². The fourth-order valence-electron chi connectivity index (χ4n) is 2.00. The molecule has 4 heteroatoms. The maximum Gasteiger partial charge on any atom is 0.185 e. The lowest BCUT2D eigenvalue weighted by molar-refractivity contribution is 0.232. The Bertz CT molecular complexity index is 369. The zero-order chi connectivity index (χ0) is 11.5. The van der Waals surface area contributed by atoms with Gasteiger partial charge in [-0.25, -0.2) is 4.98 Å². The van der Waals surface area contributed by atoms with Crippen molar-refractivity contribution in [2.45, 2.75) is 32.3 Å². The minimum Gasteiger partial charge on any atom is -0.383 e. The molecule has 1 aliphatic heterocycles. The Balaban J connectivity index is 2.19. The summed E-state index contributed by atoms with van der Waals surface area (Å²) in [6.07, 6.45) is 4.80. The molecule has 2 heterocycles. The second kappa shape index (κ2) is 4.97. The minimum atomic E-state index is -0.573. The van der Waals surface area contributed by atoms with Crippen LogP contribution in [0.1, 0.15) is 35.9 Å². The van der Waals surface area contributed by atoms with E-state index < -0.39 is 6.10 Å². The summed E-state index contributed by atoms with van der Waals surface area (Å²) in [5, 5.41) is 10.8. The van der Waals surface area contributed by atoms with E-state index in [0.29, 0.717) is 0 Å². The summed E-state index contributed by atoms with van der Waals surface area (Å²) in [7, 11) is 0. The molecule has 1 N–H and O–H groups in total. The smallest absolute Gasteiger partial charge is 0.185 e. The molecule has 1 aromatic heterocycles. The first-order valence-corrected chi connectivity index (χ1v) is 6.57. The number of aliphatic hydroxyl groups is 1. The quantitative estimate of drug-likeness (QED) is 0.822. The fraction of sp³-hybridized carbons (Fsp3) is 0.583. The number of aromatic nitrogens is 1. The summed E-state index contributed by atoms with van der Waals surface area (Å²) in [6, 6.07) is 0. The summed E-state index contributed by atoms with van der Waals surface area (Å²) in [5.74, 6) is 0. The zero-order valence-electron chi connectivity index (χ0n) is 9.65. The van der Waals surface area contributed by atoms with Crippen molar-refractivity contribution in [2.24, 2.45) is 0 Å². The lowest BCUT2D eigenvalue weighted by atomic mass is 10.1. The van der Waals surface area contributed by atoms with Crippen LogP contribution in [0, 0.1) is 6.92 Å². The second-order valence-electron chi connectivity index (χ2n) is 4.17. The Morgan fingerprint density at radius 3 is 2.75 bits per heavy atom. The van der Waals surface area contributed by atoms with Gasteiger partial charge in [0.05, 0.1) is 10.6 Å². The van der Waals surface area contributed by atoms with E-state index in [9.17, 15) is 5.11 Å². The SMILES string of the molecule is C=CC(O)c1sc(N2CCCCC2)nc1C. The largest absolute Gasteiger partial charge is 0.383 e. The topological polar surface area (TPSA) is 36.4 Å². The van der Waals surface area contributed by atoms with Gasteiger partial charge >= 0.3 is 0 Å². The molecule has 0 amide bonds. The zero-order valence-corrected chi connectivity index (χ0v) is 10.5. The van der Waals surface area contributed by atoms with Crippen molar-refractivity contribution in [3.63, 3.8) is 0 Å². The van der Waals surface area contributed by atoms with Crippen molar-refractivity contribution < 1.29 is 5.11 Å². The van der Waals surface area contributed by atoms with Crippen molar-refractivity contribution in [1.29, 1.82) is 0 Å². The first-order valence-electron chi connectivity index (χ1n) is 5.75. The van der Waals surface area contributed by atoms with Gasteiger partial charge in [-0.1, -0.05) is 17.4 Å². The van der Waals surface area contributed by atoms with Gasteiger partial charge in [-0.3, -0.25) is 0 Å². The maximum atomic E-state index is 9.76. The van der Waals surface area contributed by atoms with E-state index in [1.807, 2.05) is 6.92 Å². The monoisotopic (exact) mass is 238 g/mol. The van der Waals surface area contributed by atoms with E-state index in [1.54, 1.807) is 17.4 Å². The molecule has 1 saturated heterocycles. The minimum absolute atomic E-state index is 0.573. The van der Waals surface area contributed by atoms with Crippen molar-refractivity contribution in [3.8, 4) is 0 Å². The summed E-state index contributed by atoms with van der Waals surface area (Å²) in [4.78, 5) is 7.79. The highest BCUT2D eigenvalue weighted by Crippen LogP contribution is 2.32. The molecule has 88 valence electrons. The van der Waals surface area contributed by atoms with Gasteiger partial charge < -0.3 is 10.0 Å². The Morgan fingerprint density at radius 2 is 2.12 bits per heavy atom. The van der Waals surface area contributed by atoms with Crippen LogP contribution in [0.25, 0.3) is 0 Å². The van der Waals surface area contributed by atoms with E-state index >= 15 is 0 Å². The number of aryl methyl sites for hydroxylation is 1. The average Bonchev–Trinajstić information content (AvgIpc) is 2.71. The second-order valence-corrected chi connectivity index (χ2v) is 5.18. The van der Waals surface area contributed by atoms with Gasteiger partial charge in [0, 0.05) is 13.1 Å². The lowest BCUT2D eigenvalue weighted by Crippen LogP contribution is -2.29. The highest BCUT2D eigenvalue weighted by molar-refractivity contribution is 7.15. The van der Waals surface area contributed by atoms with E-state index in [4.69, 9.17) is 0 Å². The third kappa shape index (κ3) is 2.28. The predicted molar refractivity (Wildman–Crippen MR) is 68.1 cm³/mol. The normalized spacial score (nSPS) is 18.5. The van der Waals surface area contributed by atoms with Crippen LogP contribution in [0.5, 0.6) is 0 Å². The number of rotatable bonds is 3. The van der Waals surface area contributed by atoms with Gasteiger partial charge in [-0.05, 0) is 26.2 Å². The molecule has 0 aliphatic carbocycles. The Labute approximate surface area is 100 Å². The number of thiazole rings is 1. The van der Waals surface area contributed by atoms with Gasteiger partial charge in [-0.2, -0.15) is 0 Å². The fourth-order valence-corrected chi connectivity index (χ4v) is 3.10. The van der Waals surface area contributed by atoms with E-state index in [-0.39, 0.29) is 0 Å². The van der Waals surface area contributed by atoms with Crippen LogP contribution in [0.15, 0.2) is 12.7 Å². The van der Waals surface area contributed by atoms with Crippen LogP contribution >= 0.6 is 11.3 Å². The first kappa shape index (κ1) is 11.6. The number of hydrogen-bond acceptors (Lipinski definition) is 4. The molecule has 0 saturated carbocycles. The Hall–Kier alpha value is -0.870. The molecule has 3 nitrogen and oxygen atoms in total. The Kier molecular flexibility index (Phi) is 3.61. The van der Waals surface area contributed by atoms with E-state index in [2.05, 4.69) is 16.5 Å². The maximum absolute atomic E-state index is 9.76. The lowest BCUT2D eigenvalue weighted by Gasteiger charge is -2.25. The molecule has 1 aliphatic rings. The third-order valence-corrected chi connectivity index (χ3v) is 4.23. The average molecular weight is 238 g/mol. The van der Waals surface area contributed by atoms with E-state index in [1.165, 1.54) is 19.3 Å². The van der Waals surface area contributed by atoms with Crippen LogP contribution < -0.4 is 4.90 Å². The molecule has 16 heavy (non-hydrogen) atoms. The molecule has 1 fully saturated rings. The van der Waals surface area contributed by atoms with Crippen molar-refractivity contribution in [3.05, 3.63) is 23.2 Å². The number of hydrogen-bond donors (Lipinski definition) is 1. The highest BCUT2D eigenvalue weighted by atomic mass is 32.1. The number of nitrogens with zero attached hydrogens (tertiary/aromatic N) is 2. The molecule has 0 spiro atoms. The van der Waals surface area contributed by atoms with Gasteiger partial charge in [0.1, 0.15) is 6.10 Å². The summed E-state index contributed by atoms with van der Waals surface area (Å²) < 4.78 is 0. The molecule has 0 aromatic carbocycles. The van der Waals surface area contributed by atoms with Crippen molar-refractivity contribution in [2.75, 3.05) is 18.0 Å². The number of anilines is 1. The molecule has 0 bridgehead atoms. The van der Waals surface area contributed by atoms with E-state index in [0.717, 1.165) is 28.8 Å². The number of aliphatic hydroxyl groups excluding tert-OH is 1. The van der Waals surface area contributed by atoms with Crippen LogP contribution in [-0.2, 0) is 0 Å².